The Morgan fingerprint density at radius 3 is 2.38 bits per heavy atom. The van der Waals surface area contributed by atoms with E-state index >= 15 is 0 Å². The molecule has 0 aliphatic heterocycles. The molecule has 0 bridgehead atoms. The molecule has 0 amide bonds. The number of aliphatic hydroxyl groups is 1. The number of halogens is 1. The van der Waals surface area contributed by atoms with Crippen LogP contribution in [0.25, 0.3) is 0 Å². The van der Waals surface area contributed by atoms with Crippen molar-refractivity contribution in [1.29, 1.82) is 0 Å². The molecule has 118 valence electrons. The number of carbonyl (C=O) groups excluding carboxylic acids is 1. The predicted molar refractivity (Wildman–Crippen MR) is 84.3 cm³/mol. The summed E-state index contributed by atoms with van der Waals surface area (Å²) in [7, 11) is 0. The number of rotatable bonds is 6. The van der Waals surface area contributed by atoms with Crippen LogP contribution in [-0.2, 0) is 9.53 Å². The van der Waals surface area contributed by atoms with E-state index in [0.717, 1.165) is 5.56 Å². The average Bonchev–Trinajstić information content (AvgIpc) is 2.34. The molecule has 0 spiro atoms. The van der Waals surface area contributed by atoms with Crippen LogP contribution in [0.5, 0.6) is 0 Å². The van der Waals surface area contributed by atoms with Gasteiger partial charge in [-0.2, -0.15) is 0 Å². The highest BCUT2D eigenvalue weighted by Crippen LogP contribution is 2.17. The number of esters is 1. The number of aliphatic hydroxyl groups excluding tert-OH is 1. The molecule has 0 radical (unpaired) electrons. The summed E-state index contributed by atoms with van der Waals surface area (Å²) in [5, 5.41) is 13.4. The van der Waals surface area contributed by atoms with E-state index in [1.54, 1.807) is 12.1 Å². The third kappa shape index (κ3) is 6.93. The summed E-state index contributed by atoms with van der Waals surface area (Å²) < 4.78 is 5.29. The van der Waals surface area contributed by atoms with Crippen LogP contribution in [0.4, 0.5) is 0 Å². The van der Waals surface area contributed by atoms with Gasteiger partial charge < -0.3 is 15.2 Å². The minimum Gasteiger partial charge on any atom is -0.460 e. The normalized spacial score (nSPS) is 14.6. The predicted octanol–water partition coefficient (Wildman–Crippen LogP) is 3.08. The summed E-state index contributed by atoms with van der Waals surface area (Å²) in [5.74, 6) is -0.254. The molecule has 2 atom stereocenters. The van der Waals surface area contributed by atoms with Crippen LogP contribution >= 0.6 is 11.6 Å². The number of ether oxygens (including phenoxy) is 1. The summed E-state index contributed by atoms with van der Waals surface area (Å²) in [6.45, 7) is 7.36. The molecule has 1 aromatic carbocycles. The number of hydrogen-bond donors (Lipinski definition) is 2. The lowest BCUT2D eigenvalue weighted by Crippen LogP contribution is -2.36. The minimum absolute atomic E-state index is 0.0553. The van der Waals surface area contributed by atoms with Crippen LogP contribution in [0.3, 0.4) is 0 Å². The van der Waals surface area contributed by atoms with Gasteiger partial charge in [0.1, 0.15) is 5.60 Å². The van der Waals surface area contributed by atoms with Crippen LogP contribution < -0.4 is 5.32 Å². The zero-order valence-electron chi connectivity index (χ0n) is 13.0. The average molecular weight is 314 g/mol. The second-order valence-corrected chi connectivity index (χ2v) is 6.58. The molecule has 0 heterocycles. The molecule has 21 heavy (non-hydrogen) atoms. The zero-order chi connectivity index (χ0) is 16.0. The van der Waals surface area contributed by atoms with Crippen molar-refractivity contribution in [1.82, 2.24) is 5.32 Å². The Hall–Kier alpha value is -1.10. The fourth-order valence-electron chi connectivity index (χ4n) is 1.98. The van der Waals surface area contributed by atoms with E-state index in [1.165, 1.54) is 0 Å². The third-order valence-corrected chi connectivity index (χ3v) is 3.09. The Bertz CT molecular complexity index is 454. The van der Waals surface area contributed by atoms with Crippen molar-refractivity contribution in [3.8, 4) is 0 Å². The van der Waals surface area contributed by atoms with Gasteiger partial charge >= 0.3 is 5.97 Å². The Morgan fingerprint density at radius 2 is 1.90 bits per heavy atom. The van der Waals surface area contributed by atoms with E-state index in [9.17, 15) is 9.90 Å². The largest absolute Gasteiger partial charge is 0.460 e. The van der Waals surface area contributed by atoms with Crippen LogP contribution in [0.2, 0.25) is 5.02 Å². The van der Waals surface area contributed by atoms with Crippen molar-refractivity contribution in [3.05, 3.63) is 34.9 Å². The second-order valence-electron chi connectivity index (χ2n) is 6.14. The van der Waals surface area contributed by atoms with Crippen molar-refractivity contribution >= 4 is 17.6 Å². The Morgan fingerprint density at radius 1 is 1.33 bits per heavy atom. The summed E-state index contributed by atoms with van der Waals surface area (Å²) in [4.78, 5) is 11.8. The zero-order valence-corrected chi connectivity index (χ0v) is 13.8. The lowest BCUT2D eigenvalue weighted by molar-refractivity contribution is -0.155. The topological polar surface area (TPSA) is 58.6 Å². The van der Waals surface area contributed by atoms with Gasteiger partial charge in [0.15, 0.2) is 0 Å². The maximum absolute atomic E-state index is 11.8. The van der Waals surface area contributed by atoms with Crippen LogP contribution in [0, 0.1) is 0 Å². The molecule has 0 aliphatic carbocycles. The monoisotopic (exact) mass is 313 g/mol. The van der Waals surface area contributed by atoms with E-state index < -0.39 is 5.60 Å². The molecule has 5 heteroatoms. The third-order valence-electron chi connectivity index (χ3n) is 2.83. The Kier molecular flexibility index (Phi) is 6.65. The summed E-state index contributed by atoms with van der Waals surface area (Å²) >= 11 is 5.85. The van der Waals surface area contributed by atoms with Gasteiger partial charge in [0.2, 0.25) is 0 Å². The first-order chi connectivity index (χ1) is 9.71. The van der Waals surface area contributed by atoms with Crippen molar-refractivity contribution in [2.24, 2.45) is 0 Å². The van der Waals surface area contributed by atoms with Gasteiger partial charge in [-0.05, 0) is 45.4 Å². The summed E-state index contributed by atoms with van der Waals surface area (Å²) in [6.07, 6.45) is 0.251. The van der Waals surface area contributed by atoms with E-state index in [2.05, 4.69) is 5.32 Å². The maximum atomic E-state index is 11.8. The maximum Gasteiger partial charge on any atom is 0.307 e. The molecule has 4 nitrogen and oxygen atoms in total. The molecular formula is C16H24ClNO3. The highest BCUT2D eigenvalue weighted by Gasteiger charge is 2.20. The number of carbonyl (C=O) groups is 1. The van der Waals surface area contributed by atoms with E-state index in [1.807, 2.05) is 39.8 Å². The lowest BCUT2D eigenvalue weighted by atomic mass is 10.1. The summed E-state index contributed by atoms with van der Waals surface area (Å²) in [5.41, 5.74) is 0.446. The molecule has 0 saturated heterocycles. The first kappa shape index (κ1) is 18.0. The van der Waals surface area contributed by atoms with Crippen LogP contribution in [0.1, 0.15) is 45.7 Å². The molecule has 1 rings (SSSR count). The fourth-order valence-corrected chi connectivity index (χ4v) is 2.11. The van der Waals surface area contributed by atoms with Gasteiger partial charge in [0, 0.05) is 11.1 Å². The van der Waals surface area contributed by atoms with Crippen molar-refractivity contribution in [2.45, 2.75) is 51.8 Å². The second kappa shape index (κ2) is 7.78. The lowest BCUT2D eigenvalue weighted by Gasteiger charge is -2.24. The molecular weight excluding hydrogens is 290 g/mol. The van der Waals surface area contributed by atoms with Crippen LogP contribution in [0.15, 0.2) is 24.3 Å². The van der Waals surface area contributed by atoms with Gasteiger partial charge in [0.05, 0.1) is 19.1 Å². The number of benzene rings is 1. The molecule has 0 saturated carbocycles. The highest BCUT2D eigenvalue weighted by molar-refractivity contribution is 6.30. The van der Waals surface area contributed by atoms with E-state index in [4.69, 9.17) is 16.3 Å². The van der Waals surface area contributed by atoms with E-state index in [-0.39, 0.29) is 31.1 Å². The fraction of sp³-hybridized carbons (Fsp3) is 0.562. The molecule has 0 aliphatic rings. The van der Waals surface area contributed by atoms with Gasteiger partial charge in [-0.3, -0.25) is 4.79 Å². The molecule has 0 fully saturated rings. The van der Waals surface area contributed by atoms with Crippen molar-refractivity contribution in [3.63, 3.8) is 0 Å². The SMILES string of the molecule is CC(CC(=O)OC(C)(C)C)NC(CO)c1ccc(Cl)cc1. The first-order valence-corrected chi connectivity index (χ1v) is 7.43. The number of hydrogen-bond acceptors (Lipinski definition) is 4. The Labute approximate surface area is 131 Å². The van der Waals surface area contributed by atoms with E-state index in [0.29, 0.717) is 5.02 Å². The molecule has 1 aromatic rings. The smallest absolute Gasteiger partial charge is 0.307 e. The molecule has 2 unspecified atom stereocenters. The van der Waals surface area contributed by atoms with Crippen LogP contribution in [-0.4, -0.2) is 29.3 Å². The molecule has 2 N–H and O–H groups in total. The highest BCUT2D eigenvalue weighted by atomic mass is 35.5. The number of nitrogens with one attached hydrogen (secondary N) is 1. The van der Waals surface area contributed by atoms with Crippen molar-refractivity contribution < 1.29 is 14.6 Å². The first-order valence-electron chi connectivity index (χ1n) is 7.05. The van der Waals surface area contributed by atoms with Gasteiger partial charge in [-0.1, -0.05) is 23.7 Å². The molecule has 0 aromatic heterocycles. The Balaban J connectivity index is 2.57. The minimum atomic E-state index is -0.483. The van der Waals surface area contributed by atoms with Crippen molar-refractivity contribution in [2.75, 3.05) is 6.61 Å². The van der Waals surface area contributed by atoms with Gasteiger partial charge in [0.25, 0.3) is 0 Å². The van der Waals surface area contributed by atoms with Gasteiger partial charge in [-0.25, -0.2) is 0 Å². The quantitative estimate of drug-likeness (QED) is 0.792. The summed E-state index contributed by atoms with van der Waals surface area (Å²) in [6, 6.07) is 6.93. The standard InChI is InChI=1S/C16H24ClNO3/c1-11(9-15(20)21-16(2,3)4)18-14(10-19)12-5-7-13(17)8-6-12/h5-8,11,14,18-19H,9-10H2,1-4H3. The van der Waals surface area contributed by atoms with Gasteiger partial charge in [-0.15, -0.1) is 0 Å².